The lowest BCUT2D eigenvalue weighted by Gasteiger charge is -2.39. The summed E-state index contributed by atoms with van der Waals surface area (Å²) in [6.45, 7) is 10.8. The molecule has 5 nitrogen and oxygen atoms in total. The smallest absolute Gasteiger partial charge is 0.322 e. The van der Waals surface area contributed by atoms with Gasteiger partial charge in [-0.2, -0.15) is 0 Å². The van der Waals surface area contributed by atoms with Crippen LogP contribution in [0.5, 0.6) is 0 Å². The lowest BCUT2D eigenvalue weighted by atomic mass is 9.80. The Morgan fingerprint density at radius 3 is 2.56 bits per heavy atom. The van der Waals surface area contributed by atoms with Gasteiger partial charge in [0.05, 0.1) is 5.02 Å². The lowest BCUT2D eigenvalue weighted by molar-refractivity contribution is 0.120. The Morgan fingerprint density at radius 1 is 1.17 bits per heavy atom. The molecule has 2 amide bonds. The molecule has 0 saturated heterocycles. The molecule has 3 atom stereocenters. The number of amides is 2. The third-order valence-electron chi connectivity index (χ3n) is 8.25. The first kappa shape index (κ1) is 26.9. The topological polar surface area (TPSA) is 61.6 Å². The van der Waals surface area contributed by atoms with Gasteiger partial charge >= 0.3 is 6.03 Å². The molecule has 196 valence electrons. The van der Waals surface area contributed by atoms with E-state index in [1.807, 2.05) is 4.90 Å². The van der Waals surface area contributed by atoms with Crippen molar-refractivity contribution in [2.24, 2.45) is 11.7 Å². The van der Waals surface area contributed by atoms with Gasteiger partial charge in [-0.15, -0.1) is 0 Å². The minimum atomic E-state index is -0.493. The van der Waals surface area contributed by atoms with Gasteiger partial charge in [0.25, 0.3) is 0 Å². The number of nitrogens with two attached hydrogens (primary N) is 1. The molecule has 4 rings (SSSR count). The van der Waals surface area contributed by atoms with Crippen LogP contribution in [0.3, 0.4) is 0 Å². The second kappa shape index (κ2) is 11.1. The molecule has 0 bridgehead atoms. The lowest BCUT2D eigenvalue weighted by Crippen LogP contribution is -2.50. The van der Waals surface area contributed by atoms with Gasteiger partial charge in [-0.3, -0.25) is 4.90 Å². The van der Waals surface area contributed by atoms with Crippen molar-refractivity contribution >= 4 is 23.3 Å². The second-order valence-corrected chi connectivity index (χ2v) is 11.5. The monoisotopic (exact) mass is 514 g/mol. The summed E-state index contributed by atoms with van der Waals surface area (Å²) in [6, 6.07) is 13.8. The van der Waals surface area contributed by atoms with Crippen molar-refractivity contribution in [2.75, 3.05) is 18.4 Å². The molecule has 0 spiro atoms. The summed E-state index contributed by atoms with van der Waals surface area (Å²) in [5.74, 6) is 0.0817. The van der Waals surface area contributed by atoms with Gasteiger partial charge in [-0.05, 0) is 94.0 Å². The fourth-order valence-corrected chi connectivity index (χ4v) is 6.39. The van der Waals surface area contributed by atoms with Crippen LogP contribution in [0.25, 0.3) is 0 Å². The van der Waals surface area contributed by atoms with Crippen LogP contribution in [0.1, 0.15) is 64.5 Å². The van der Waals surface area contributed by atoms with E-state index in [2.05, 4.69) is 62.2 Å². The first-order valence-corrected chi connectivity index (χ1v) is 13.6. The van der Waals surface area contributed by atoms with Crippen molar-refractivity contribution in [1.29, 1.82) is 0 Å². The Labute approximate surface area is 220 Å². The molecule has 0 radical (unpaired) electrons. The number of fused-ring (bicyclic) bond motifs is 1. The van der Waals surface area contributed by atoms with Gasteiger partial charge in [0.15, 0.2) is 0 Å². The van der Waals surface area contributed by atoms with Gasteiger partial charge in [-0.1, -0.05) is 35.9 Å². The molecule has 1 unspecified atom stereocenters. The fraction of sp³-hybridized carbons (Fsp3) is 0.552. The van der Waals surface area contributed by atoms with Crippen LogP contribution in [0.4, 0.5) is 14.9 Å². The Morgan fingerprint density at radius 2 is 1.92 bits per heavy atom. The van der Waals surface area contributed by atoms with E-state index < -0.39 is 5.82 Å². The van der Waals surface area contributed by atoms with Crippen molar-refractivity contribution < 1.29 is 9.18 Å². The minimum absolute atomic E-state index is 0.00489. The van der Waals surface area contributed by atoms with E-state index in [-0.39, 0.29) is 22.5 Å². The molecule has 2 aromatic carbocycles. The number of carbonyl (C=O) groups is 1. The van der Waals surface area contributed by atoms with Crippen LogP contribution < -0.4 is 11.1 Å². The quantitative estimate of drug-likeness (QED) is 0.407. The summed E-state index contributed by atoms with van der Waals surface area (Å²) in [5.41, 5.74) is 9.22. The van der Waals surface area contributed by atoms with Crippen molar-refractivity contribution in [3.63, 3.8) is 0 Å². The second-order valence-electron chi connectivity index (χ2n) is 11.1. The van der Waals surface area contributed by atoms with Gasteiger partial charge in [0, 0.05) is 43.4 Å². The molecule has 2 fully saturated rings. The summed E-state index contributed by atoms with van der Waals surface area (Å²) < 4.78 is 13.7. The van der Waals surface area contributed by atoms with E-state index in [4.69, 9.17) is 17.3 Å². The number of rotatable bonds is 9. The van der Waals surface area contributed by atoms with Gasteiger partial charge in [0.1, 0.15) is 5.82 Å². The average molecular weight is 515 g/mol. The van der Waals surface area contributed by atoms with Gasteiger partial charge < -0.3 is 16.0 Å². The number of anilines is 1. The highest BCUT2D eigenvalue weighted by molar-refractivity contribution is 6.31. The molecule has 7 heteroatoms. The Hall–Kier alpha value is -2.15. The van der Waals surface area contributed by atoms with Crippen LogP contribution in [0.15, 0.2) is 42.5 Å². The summed E-state index contributed by atoms with van der Waals surface area (Å²) in [5, 5.41) is 2.98. The van der Waals surface area contributed by atoms with E-state index in [1.165, 1.54) is 29.7 Å². The third-order valence-corrected chi connectivity index (χ3v) is 8.54. The zero-order chi connectivity index (χ0) is 26.0. The molecule has 2 aromatic rings. The summed E-state index contributed by atoms with van der Waals surface area (Å²) in [6.07, 6.45) is 4.20. The largest absolute Gasteiger partial charge is 0.326 e. The normalized spacial score (nSPS) is 23.2. The van der Waals surface area contributed by atoms with Crippen LogP contribution in [-0.4, -0.2) is 47.0 Å². The van der Waals surface area contributed by atoms with E-state index in [9.17, 15) is 9.18 Å². The predicted octanol–water partition coefficient (Wildman–Crippen LogP) is 6.40. The van der Waals surface area contributed by atoms with Crippen molar-refractivity contribution in [3.05, 3.63) is 64.4 Å². The Balaban J connectivity index is 1.50. The molecule has 36 heavy (non-hydrogen) atoms. The van der Waals surface area contributed by atoms with Crippen LogP contribution in [0.2, 0.25) is 5.02 Å². The molecule has 0 aromatic heterocycles. The van der Waals surface area contributed by atoms with E-state index in [0.717, 1.165) is 25.8 Å². The molecule has 0 heterocycles. The van der Waals surface area contributed by atoms with Crippen LogP contribution >= 0.6 is 11.6 Å². The number of nitrogens with zero attached hydrogens (tertiary/aromatic N) is 2. The molecular weight excluding hydrogens is 475 g/mol. The van der Waals surface area contributed by atoms with E-state index in [1.54, 1.807) is 6.07 Å². The maximum atomic E-state index is 13.7. The SMILES string of the molecule is CC(C)N(CCN(C(=O)Nc1ccc(F)c(Cl)c1)[C@@H]1CC[C@]2(c3cccc(CN)c3)CC2C1)C(C)C. The number of halogens is 2. The maximum Gasteiger partial charge on any atom is 0.322 e. The van der Waals surface area contributed by atoms with Gasteiger partial charge in [-0.25, -0.2) is 9.18 Å². The predicted molar refractivity (Wildman–Crippen MR) is 146 cm³/mol. The minimum Gasteiger partial charge on any atom is -0.326 e. The van der Waals surface area contributed by atoms with Crippen LogP contribution in [-0.2, 0) is 12.0 Å². The fourth-order valence-electron chi connectivity index (χ4n) is 6.21. The molecular formula is C29H40ClFN4O. The zero-order valence-corrected chi connectivity index (χ0v) is 22.7. The molecule has 2 aliphatic rings. The van der Waals surface area contributed by atoms with Crippen LogP contribution in [0, 0.1) is 11.7 Å². The zero-order valence-electron chi connectivity index (χ0n) is 21.9. The molecule has 0 aliphatic heterocycles. The molecule has 3 N–H and O–H groups in total. The number of urea groups is 1. The highest BCUT2D eigenvalue weighted by Gasteiger charge is 2.58. The summed E-state index contributed by atoms with van der Waals surface area (Å²) >= 11 is 5.96. The number of carbonyl (C=O) groups excluding carboxylic acids is 1. The number of benzene rings is 2. The first-order chi connectivity index (χ1) is 17.1. The van der Waals surface area contributed by atoms with E-state index in [0.29, 0.717) is 36.8 Å². The third kappa shape index (κ3) is 5.71. The van der Waals surface area contributed by atoms with E-state index >= 15 is 0 Å². The highest BCUT2D eigenvalue weighted by Crippen LogP contribution is 2.62. The summed E-state index contributed by atoms with van der Waals surface area (Å²) in [7, 11) is 0. The van der Waals surface area contributed by atoms with Crippen molar-refractivity contribution in [1.82, 2.24) is 9.80 Å². The van der Waals surface area contributed by atoms with Gasteiger partial charge in [0.2, 0.25) is 0 Å². The van der Waals surface area contributed by atoms with Crippen molar-refractivity contribution in [2.45, 2.75) is 83.5 Å². The average Bonchev–Trinajstić information content (AvgIpc) is 3.59. The highest BCUT2D eigenvalue weighted by atomic mass is 35.5. The summed E-state index contributed by atoms with van der Waals surface area (Å²) in [4.78, 5) is 18.0. The van der Waals surface area contributed by atoms with Crippen molar-refractivity contribution in [3.8, 4) is 0 Å². The number of hydrogen-bond donors (Lipinski definition) is 2. The standard InChI is InChI=1S/C29H40ClFN4O/c1-19(2)34(20(3)4)12-13-35(28(36)33-24-8-9-27(31)26(30)16-24)25-10-11-29(17-23(29)15-25)22-7-5-6-21(14-22)18-32/h5-9,14,16,19-20,23,25H,10-13,15,17-18,32H2,1-4H3,(H,33,36)/t23?,25-,29-/m1/s1. The molecule has 2 saturated carbocycles. The number of hydrogen-bond acceptors (Lipinski definition) is 3. The molecule has 2 aliphatic carbocycles. The Kier molecular flexibility index (Phi) is 8.28. The number of nitrogens with one attached hydrogen (secondary N) is 1. The first-order valence-electron chi connectivity index (χ1n) is 13.2. The maximum absolute atomic E-state index is 13.7. The Bertz CT molecular complexity index is 1070.